The predicted octanol–water partition coefficient (Wildman–Crippen LogP) is 1.26. The Morgan fingerprint density at radius 1 is 1.43 bits per heavy atom. The minimum absolute atomic E-state index is 0.0893. The largest absolute Gasteiger partial charge is 0.507 e. The van der Waals surface area contributed by atoms with E-state index in [2.05, 4.69) is 15.9 Å². The lowest BCUT2D eigenvalue weighted by Gasteiger charge is -2.11. The highest BCUT2D eigenvalue weighted by Crippen LogP contribution is 2.25. The van der Waals surface area contributed by atoms with Gasteiger partial charge in [-0.05, 0) is 52.5 Å². The molecule has 0 aliphatic carbocycles. The number of aliphatic hydroxyl groups excluding tert-OH is 1. The van der Waals surface area contributed by atoms with Crippen molar-refractivity contribution in [2.24, 2.45) is 11.7 Å². The van der Waals surface area contributed by atoms with Gasteiger partial charge in [0, 0.05) is 6.61 Å². The van der Waals surface area contributed by atoms with Gasteiger partial charge in [0.2, 0.25) is 0 Å². The topological polar surface area (TPSA) is 66.5 Å². The second-order valence-corrected chi connectivity index (χ2v) is 4.13. The summed E-state index contributed by atoms with van der Waals surface area (Å²) < 4.78 is 0.670. The Balaban J connectivity index is 2.72. The van der Waals surface area contributed by atoms with Crippen LogP contribution in [0.15, 0.2) is 22.7 Å². The fraction of sp³-hybridized carbons (Fsp3) is 0.400. The highest BCUT2D eigenvalue weighted by molar-refractivity contribution is 9.10. The summed E-state index contributed by atoms with van der Waals surface area (Å²) in [5, 5.41) is 18.2. The second kappa shape index (κ2) is 5.34. The summed E-state index contributed by atoms with van der Waals surface area (Å²) in [6.45, 7) is 0.560. The van der Waals surface area contributed by atoms with Crippen LogP contribution in [0.25, 0.3) is 0 Å². The average molecular weight is 260 g/mol. The molecule has 1 rings (SSSR count). The molecule has 0 spiro atoms. The lowest BCUT2D eigenvalue weighted by atomic mass is 10.0. The fourth-order valence-corrected chi connectivity index (χ4v) is 1.66. The molecule has 0 aromatic heterocycles. The van der Waals surface area contributed by atoms with E-state index < -0.39 is 0 Å². The van der Waals surface area contributed by atoms with Crippen LogP contribution in [0.4, 0.5) is 0 Å². The third-order valence-corrected chi connectivity index (χ3v) is 2.76. The zero-order valence-electron chi connectivity index (χ0n) is 7.78. The highest BCUT2D eigenvalue weighted by atomic mass is 79.9. The molecule has 1 aromatic rings. The number of hydrogen-bond donors (Lipinski definition) is 3. The van der Waals surface area contributed by atoms with Crippen molar-refractivity contribution in [1.29, 1.82) is 0 Å². The van der Waals surface area contributed by atoms with Gasteiger partial charge >= 0.3 is 0 Å². The second-order valence-electron chi connectivity index (χ2n) is 3.27. The van der Waals surface area contributed by atoms with Gasteiger partial charge in [0.25, 0.3) is 0 Å². The number of hydrogen-bond acceptors (Lipinski definition) is 3. The Morgan fingerprint density at radius 3 is 2.64 bits per heavy atom. The van der Waals surface area contributed by atoms with Gasteiger partial charge in [-0.2, -0.15) is 0 Å². The molecule has 78 valence electrons. The summed E-state index contributed by atoms with van der Waals surface area (Å²) in [4.78, 5) is 0. The van der Waals surface area contributed by atoms with Crippen molar-refractivity contribution in [1.82, 2.24) is 0 Å². The van der Waals surface area contributed by atoms with Gasteiger partial charge in [-0.3, -0.25) is 0 Å². The molecule has 1 unspecified atom stereocenters. The first kappa shape index (κ1) is 11.5. The third-order valence-electron chi connectivity index (χ3n) is 2.13. The molecule has 0 aliphatic rings. The molecule has 0 radical (unpaired) electrons. The van der Waals surface area contributed by atoms with E-state index in [1.54, 1.807) is 6.07 Å². The van der Waals surface area contributed by atoms with E-state index in [1.165, 1.54) is 0 Å². The van der Waals surface area contributed by atoms with Gasteiger partial charge in [0.1, 0.15) is 5.75 Å². The standard InChI is InChI=1S/C10H14BrNO2/c11-9-4-7(1-2-10(9)14)3-8(5-12)6-13/h1-2,4,8,13-14H,3,5-6,12H2. The maximum atomic E-state index is 9.27. The molecule has 4 heteroatoms. The number of aliphatic hydroxyl groups is 1. The number of phenolic OH excluding ortho intramolecular Hbond substituents is 1. The van der Waals surface area contributed by atoms with Gasteiger partial charge < -0.3 is 15.9 Å². The van der Waals surface area contributed by atoms with Crippen LogP contribution in [0.3, 0.4) is 0 Å². The van der Waals surface area contributed by atoms with Crippen LogP contribution < -0.4 is 5.73 Å². The highest BCUT2D eigenvalue weighted by Gasteiger charge is 2.07. The fourth-order valence-electron chi connectivity index (χ4n) is 1.23. The molecule has 3 nitrogen and oxygen atoms in total. The van der Waals surface area contributed by atoms with Crippen molar-refractivity contribution in [3.8, 4) is 5.75 Å². The van der Waals surface area contributed by atoms with Crippen LogP contribution in [-0.2, 0) is 6.42 Å². The van der Waals surface area contributed by atoms with Crippen molar-refractivity contribution in [2.75, 3.05) is 13.2 Å². The van der Waals surface area contributed by atoms with Crippen LogP contribution in [0.5, 0.6) is 5.75 Å². The van der Waals surface area contributed by atoms with Crippen molar-refractivity contribution in [2.45, 2.75) is 6.42 Å². The van der Waals surface area contributed by atoms with Crippen molar-refractivity contribution in [3.63, 3.8) is 0 Å². The van der Waals surface area contributed by atoms with Crippen molar-refractivity contribution < 1.29 is 10.2 Å². The van der Waals surface area contributed by atoms with E-state index in [1.807, 2.05) is 12.1 Å². The number of benzene rings is 1. The predicted molar refractivity (Wildman–Crippen MR) is 59.1 cm³/mol. The van der Waals surface area contributed by atoms with Gasteiger partial charge in [-0.25, -0.2) is 0 Å². The van der Waals surface area contributed by atoms with Crippen LogP contribution in [0.2, 0.25) is 0 Å². The molecule has 0 saturated carbocycles. The van der Waals surface area contributed by atoms with Crippen molar-refractivity contribution in [3.05, 3.63) is 28.2 Å². The lowest BCUT2D eigenvalue weighted by Crippen LogP contribution is -2.20. The molecule has 1 aromatic carbocycles. The lowest BCUT2D eigenvalue weighted by molar-refractivity contribution is 0.230. The number of phenols is 1. The minimum Gasteiger partial charge on any atom is -0.507 e. The van der Waals surface area contributed by atoms with Gasteiger partial charge in [0.05, 0.1) is 4.47 Å². The Morgan fingerprint density at radius 2 is 2.14 bits per heavy atom. The molecule has 0 aliphatic heterocycles. The smallest absolute Gasteiger partial charge is 0.129 e. The van der Waals surface area contributed by atoms with Gasteiger partial charge in [-0.1, -0.05) is 6.07 Å². The van der Waals surface area contributed by atoms with Crippen LogP contribution >= 0.6 is 15.9 Å². The summed E-state index contributed by atoms with van der Waals surface area (Å²) in [5.74, 6) is 0.313. The average Bonchev–Trinajstić information content (AvgIpc) is 2.19. The molecule has 14 heavy (non-hydrogen) atoms. The summed E-state index contributed by atoms with van der Waals surface area (Å²) in [5.41, 5.74) is 6.53. The molecule has 0 heterocycles. The molecule has 0 saturated heterocycles. The SMILES string of the molecule is NCC(CO)Cc1ccc(O)c(Br)c1. The Hall–Kier alpha value is -0.580. The van der Waals surface area contributed by atoms with Crippen LogP contribution in [0, 0.1) is 5.92 Å². The minimum atomic E-state index is 0.0893. The summed E-state index contributed by atoms with van der Waals surface area (Å²) in [7, 11) is 0. The van der Waals surface area contributed by atoms with E-state index in [-0.39, 0.29) is 18.3 Å². The number of rotatable bonds is 4. The molecule has 0 bridgehead atoms. The number of halogens is 1. The summed E-state index contributed by atoms with van der Waals surface area (Å²) in [6, 6.07) is 5.30. The maximum Gasteiger partial charge on any atom is 0.129 e. The van der Waals surface area contributed by atoms with E-state index in [9.17, 15) is 5.11 Å². The van der Waals surface area contributed by atoms with Crippen LogP contribution in [0.1, 0.15) is 5.56 Å². The number of nitrogens with two attached hydrogens (primary N) is 1. The van der Waals surface area contributed by atoms with Gasteiger partial charge in [-0.15, -0.1) is 0 Å². The summed E-state index contributed by atoms with van der Waals surface area (Å²) >= 11 is 3.24. The molecule has 0 fully saturated rings. The number of aromatic hydroxyl groups is 1. The molecular weight excluding hydrogens is 246 g/mol. The van der Waals surface area contributed by atoms with Gasteiger partial charge in [0.15, 0.2) is 0 Å². The first-order chi connectivity index (χ1) is 6.67. The quantitative estimate of drug-likeness (QED) is 0.763. The first-order valence-electron chi connectivity index (χ1n) is 4.45. The zero-order valence-corrected chi connectivity index (χ0v) is 9.37. The van der Waals surface area contributed by atoms with E-state index in [0.29, 0.717) is 11.0 Å². The monoisotopic (exact) mass is 259 g/mol. The Kier molecular flexibility index (Phi) is 4.38. The Bertz CT molecular complexity index is 300. The van der Waals surface area contributed by atoms with Crippen LogP contribution in [-0.4, -0.2) is 23.4 Å². The van der Waals surface area contributed by atoms with E-state index >= 15 is 0 Å². The molecule has 4 N–H and O–H groups in total. The van der Waals surface area contributed by atoms with Crippen molar-refractivity contribution >= 4 is 15.9 Å². The Labute approximate surface area is 91.7 Å². The normalized spacial score (nSPS) is 12.8. The molecular formula is C10H14BrNO2. The zero-order chi connectivity index (χ0) is 10.6. The summed E-state index contributed by atoms with van der Waals surface area (Å²) in [6.07, 6.45) is 0.728. The maximum absolute atomic E-state index is 9.27. The van der Waals surface area contributed by atoms with E-state index in [4.69, 9.17) is 10.8 Å². The first-order valence-corrected chi connectivity index (χ1v) is 5.25. The third kappa shape index (κ3) is 2.97. The van der Waals surface area contributed by atoms with E-state index in [0.717, 1.165) is 12.0 Å². The molecule has 1 atom stereocenters. The molecule has 0 amide bonds.